The second-order valence-corrected chi connectivity index (χ2v) is 3.51. The van der Waals surface area contributed by atoms with Crippen molar-refractivity contribution in [2.24, 2.45) is 0 Å². The summed E-state index contributed by atoms with van der Waals surface area (Å²) in [6.07, 6.45) is 5.46. The third-order valence-electron chi connectivity index (χ3n) is 2.48. The first kappa shape index (κ1) is 9.12. The number of hydrogen-bond donors (Lipinski definition) is 0. The van der Waals surface area contributed by atoms with Crippen molar-refractivity contribution in [1.82, 2.24) is 9.97 Å². The first-order valence-electron chi connectivity index (χ1n) is 4.85. The second-order valence-electron chi connectivity index (χ2n) is 3.51. The van der Waals surface area contributed by atoms with Gasteiger partial charge in [-0.05, 0) is 19.8 Å². The van der Waals surface area contributed by atoms with Crippen molar-refractivity contribution in [2.75, 3.05) is 18.0 Å². The SMILES string of the molecule is CC(=O)c1cncnc1N1CCCC1. The lowest BCUT2D eigenvalue weighted by molar-refractivity contribution is 0.101. The van der Waals surface area contributed by atoms with Crippen molar-refractivity contribution in [3.05, 3.63) is 18.1 Å². The number of hydrogen-bond acceptors (Lipinski definition) is 4. The van der Waals surface area contributed by atoms with E-state index in [9.17, 15) is 4.79 Å². The molecular weight excluding hydrogens is 178 g/mol. The zero-order valence-electron chi connectivity index (χ0n) is 8.23. The van der Waals surface area contributed by atoms with E-state index >= 15 is 0 Å². The van der Waals surface area contributed by atoms with E-state index in [0.717, 1.165) is 18.9 Å². The van der Waals surface area contributed by atoms with Gasteiger partial charge in [-0.1, -0.05) is 0 Å². The molecule has 0 aliphatic carbocycles. The Labute approximate surface area is 83.0 Å². The minimum atomic E-state index is 0.0347. The smallest absolute Gasteiger partial charge is 0.165 e. The van der Waals surface area contributed by atoms with Crippen LogP contribution in [0.4, 0.5) is 5.82 Å². The quantitative estimate of drug-likeness (QED) is 0.660. The van der Waals surface area contributed by atoms with E-state index in [4.69, 9.17) is 0 Å². The van der Waals surface area contributed by atoms with Gasteiger partial charge in [0, 0.05) is 19.3 Å². The van der Waals surface area contributed by atoms with Crippen LogP contribution in [0.25, 0.3) is 0 Å². The van der Waals surface area contributed by atoms with Gasteiger partial charge in [-0.15, -0.1) is 0 Å². The fourth-order valence-electron chi connectivity index (χ4n) is 1.75. The summed E-state index contributed by atoms with van der Waals surface area (Å²) in [4.78, 5) is 21.5. The molecule has 14 heavy (non-hydrogen) atoms. The average Bonchev–Trinajstić information content (AvgIpc) is 2.70. The summed E-state index contributed by atoms with van der Waals surface area (Å²) in [6.45, 7) is 3.55. The predicted octanol–water partition coefficient (Wildman–Crippen LogP) is 1.28. The maximum Gasteiger partial charge on any atom is 0.165 e. The largest absolute Gasteiger partial charge is 0.356 e. The minimum absolute atomic E-state index is 0.0347. The van der Waals surface area contributed by atoms with E-state index in [1.54, 1.807) is 13.1 Å². The molecule has 1 aliphatic heterocycles. The van der Waals surface area contributed by atoms with Gasteiger partial charge in [0.25, 0.3) is 0 Å². The highest BCUT2D eigenvalue weighted by Crippen LogP contribution is 2.21. The number of aromatic nitrogens is 2. The molecule has 1 aromatic heterocycles. The molecular formula is C10H13N3O. The second kappa shape index (κ2) is 3.74. The summed E-state index contributed by atoms with van der Waals surface area (Å²) in [5.74, 6) is 0.831. The Morgan fingerprint density at radius 3 is 2.79 bits per heavy atom. The number of anilines is 1. The normalized spacial score (nSPS) is 15.9. The van der Waals surface area contributed by atoms with E-state index in [2.05, 4.69) is 14.9 Å². The molecule has 1 fully saturated rings. The molecule has 0 atom stereocenters. The fraction of sp³-hybridized carbons (Fsp3) is 0.500. The summed E-state index contributed by atoms with van der Waals surface area (Å²) in [7, 11) is 0. The van der Waals surface area contributed by atoms with Crippen LogP contribution in [0.2, 0.25) is 0 Å². The van der Waals surface area contributed by atoms with Crippen LogP contribution >= 0.6 is 0 Å². The van der Waals surface area contributed by atoms with Gasteiger partial charge >= 0.3 is 0 Å². The van der Waals surface area contributed by atoms with Gasteiger partial charge in [-0.2, -0.15) is 0 Å². The third kappa shape index (κ3) is 1.60. The summed E-state index contributed by atoms with van der Waals surface area (Å²) in [5, 5.41) is 0. The molecule has 0 radical (unpaired) electrons. The molecule has 0 saturated carbocycles. The monoisotopic (exact) mass is 191 g/mol. The summed E-state index contributed by atoms with van der Waals surface area (Å²) in [6, 6.07) is 0. The van der Waals surface area contributed by atoms with Gasteiger partial charge in [0.15, 0.2) is 5.78 Å². The standard InChI is InChI=1S/C10H13N3O/c1-8(14)9-6-11-7-12-10(9)13-4-2-3-5-13/h6-7H,2-5H2,1H3. The zero-order valence-corrected chi connectivity index (χ0v) is 8.23. The van der Waals surface area contributed by atoms with E-state index in [1.807, 2.05) is 0 Å². The maximum absolute atomic E-state index is 11.3. The molecule has 74 valence electrons. The van der Waals surface area contributed by atoms with Gasteiger partial charge in [0.05, 0.1) is 5.56 Å². The first-order valence-corrected chi connectivity index (χ1v) is 4.85. The molecule has 4 heteroatoms. The predicted molar refractivity (Wildman–Crippen MR) is 53.5 cm³/mol. The minimum Gasteiger partial charge on any atom is -0.356 e. The molecule has 1 aromatic rings. The molecule has 0 aromatic carbocycles. The number of nitrogens with zero attached hydrogens (tertiary/aromatic N) is 3. The van der Waals surface area contributed by atoms with Crippen molar-refractivity contribution in [3.8, 4) is 0 Å². The molecule has 1 aliphatic rings. The topological polar surface area (TPSA) is 46.1 Å². The summed E-state index contributed by atoms with van der Waals surface area (Å²) < 4.78 is 0. The van der Waals surface area contributed by atoms with Gasteiger partial charge in [0.1, 0.15) is 12.1 Å². The Hall–Kier alpha value is -1.45. The Balaban J connectivity index is 2.35. The highest BCUT2D eigenvalue weighted by Gasteiger charge is 2.18. The lowest BCUT2D eigenvalue weighted by Crippen LogP contribution is -2.21. The molecule has 2 rings (SSSR count). The average molecular weight is 191 g/mol. The van der Waals surface area contributed by atoms with Gasteiger partial charge < -0.3 is 4.90 Å². The van der Waals surface area contributed by atoms with Crippen LogP contribution < -0.4 is 4.90 Å². The highest BCUT2D eigenvalue weighted by atomic mass is 16.1. The maximum atomic E-state index is 11.3. The number of ketones is 1. The molecule has 2 heterocycles. The van der Waals surface area contributed by atoms with Crippen LogP contribution in [0.1, 0.15) is 30.1 Å². The fourth-order valence-corrected chi connectivity index (χ4v) is 1.75. The van der Waals surface area contributed by atoms with E-state index in [1.165, 1.54) is 19.2 Å². The van der Waals surface area contributed by atoms with Crippen LogP contribution in [-0.2, 0) is 0 Å². The molecule has 0 bridgehead atoms. The van der Waals surface area contributed by atoms with Crippen molar-refractivity contribution >= 4 is 11.6 Å². The summed E-state index contributed by atoms with van der Waals surface area (Å²) in [5.41, 5.74) is 0.634. The van der Waals surface area contributed by atoms with Crippen molar-refractivity contribution in [3.63, 3.8) is 0 Å². The molecule has 0 unspecified atom stereocenters. The zero-order chi connectivity index (χ0) is 9.97. The van der Waals surface area contributed by atoms with E-state index in [0.29, 0.717) is 5.56 Å². The molecule has 1 saturated heterocycles. The van der Waals surface area contributed by atoms with Gasteiger partial charge in [-0.3, -0.25) is 4.79 Å². The Morgan fingerprint density at radius 1 is 1.43 bits per heavy atom. The van der Waals surface area contributed by atoms with Crippen LogP contribution in [0, 0.1) is 0 Å². The van der Waals surface area contributed by atoms with E-state index in [-0.39, 0.29) is 5.78 Å². The number of carbonyl (C=O) groups is 1. The lowest BCUT2D eigenvalue weighted by atomic mass is 10.2. The Kier molecular flexibility index (Phi) is 2.43. The van der Waals surface area contributed by atoms with Crippen LogP contribution in [-0.4, -0.2) is 28.8 Å². The van der Waals surface area contributed by atoms with Crippen LogP contribution in [0.15, 0.2) is 12.5 Å². The molecule has 0 N–H and O–H groups in total. The number of Topliss-reactive ketones (excluding diaryl/α,β-unsaturated/α-hetero) is 1. The van der Waals surface area contributed by atoms with Gasteiger partial charge in [0.2, 0.25) is 0 Å². The third-order valence-corrected chi connectivity index (χ3v) is 2.48. The van der Waals surface area contributed by atoms with Crippen molar-refractivity contribution in [2.45, 2.75) is 19.8 Å². The molecule has 0 amide bonds. The van der Waals surface area contributed by atoms with E-state index < -0.39 is 0 Å². The molecule has 0 spiro atoms. The lowest BCUT2D eigenvalue weighted by Gasteiger charge is -2.17. The number of carbonyl (C=O) groups excluding carboxylic acids is 1. The van der Waals surface area contributed by atoms with Crippen molar-refractivity contribution in [1.29, 1.82) is 0 Å². The number of rotatable bonds is 2. The Bertz CT molecular complexity index is 345. The van der Waals surface area contributed by atoms with Gasteiger partial charge in [-0.25, -0.2) is 9.97 Å². The Morgan fingerprint density at radius 2 is 2.14 bits per heavy atom. The van der Waals surface area contributed by atoms with Crippen molar-refractivity contribution < 1.29 is 4.79 Å². The first-order chi connectivity index (χ1) is 6.79. The highest BCUT2D eigenvalue weighted by molar-refractivity contribution is 5.98. The van der Waals surface area contributed by atoms with Crippen LogP contribution in [0.3, 0.4) is 0 Å². The summed E-state index contributed by atoms with van der Waals surface area (Å²) >= 11 is 0. The molecule has 4 nitrogen and oxygen atoms in total. The van der Waals surface area contributed by atoms with Crippen LogP contribution in [0.5, 0.6) is 0 Å².